The summed E-state index contributed by atoms with van der Waals surface area (Å²) in [5.74, 6) is -0.505. The number of anilines is 1. The van der Waals surface area contributed by atoms with Crippen LogP contribution in [-0.4, -0.2) is 0 Å². The highest BCUT2D eigenvalue weighted by molar-refractivity contribution is 5.42. The lowest BCUT2D eigenvalue weighted by Crippen LogP contribution is -1.93. The molecule has 1 atom stereocenters. The molecular formula is C8H9F2N. The third-order valence-electron chi connectivity index (χ3n) is 1.48. The van der Waals surface area contributed by atoms with Crippen molar-refractivity contribution < 1.29 is 8.78 Å². The molecule has 0 aliphatic carbocycles. The molecule has 60 valence electrons. The van der Waals surface area contributed by atoms with Gasteiger partial charge in [-0.15, -0.1) is 0 Å². The molecule has 0 bridgehead atoms. The molecule has 1 aromatic carbocycles. The van der Waals surface area contributed by atoms with Gasteiger partial charge in [-0.25, -0.2) is 8.78 Å². The molecule has 0 heterocycles. The number of alkyl halides is 1. The second-order valence-electron chi connectivity index (χ2n) is 2.40. The average Bonchev–Trinajstić information content (AvgIpc) is 1.94. The van der Waals surface area contributed by atoms with E-state index < -0.39 is 12.0 Å². The first-order valence-electron chi connectivity index (χ1n) is 3.30. The van der Waals surface area contributed by atoms with Gasteiger partial charge in [-0.1, -0.05) is 6.07 Å². The second-order valence-corrected chi connectivity index (χ2v) is 2.40. The van der Waals surface area contributed by atoms with Gasteiger partial charge in [-0.05, 0) is 24.6 Å². The van der Waals surface area contributed by atoms with Gasteiger partial charge in [0.05, 0.1) is 5.69 Å². The van der Waals surface area contributed by atoms with E-state index in [2.05, 4.69) is 0 Å². The molecule has 1 unspecified atom stereocenters. The van der Waals surface area contributed by atoms with Crippen molar-refractivity contribution >= 4 is 5.69 Å². The van der Waals surface area contributed by atoms with Crippen LogP contribution in [0.3, 0.4) is 0 Å². The highest BCUT2D eigenvalue weighted by atomic mass is 19.1. The number of hydrogen-bond donors (Lipinski definition) is 1. The molecule has 0 spiro atoms. The molecular weight excluding hydrogens is 148 g/mol. The molecule has 0 saturated carbocycles. The number of hydrogen-bond acceptors (Lipinski definition) is 1. The Kier molecular flexibility index (Phi) is 2.08. The fourth-order valence-electron chi connectivity index (χ4n) is 0.810. The Morgan fingerprint density at radius 2 is 2.09 bits per heavy atom. The third kappa shape index (κ3) is 1.67. The third-order valence-corrected chi connectivity index (χ3v) is 1.48. The van der Waals surface area contributed by atoms with Crippen molar-refractivity contribution in [2.75, 3.05) is 5.73 Å². The summed E-state index contributed by atoms with van der Waals surface area (Å²) in [5, 5.41) is 0. The minimum Gasteiger partial charge on any atom is -0.396 e. The Morgan fingerprint density at radius 3 is 2.55 bits per heavy atom. The van der Waals surface area contributed by atoms with Crippen LogP contribution in [0.25, 0.3) is 0 Å². The molecule has 1 aromatic rings. The van der Waals surface area contributed by atoms with Crippen molar-refractivity contribution in [3.63, 3.8) is 0 Å². The zero-order valence-corrected chi connectivity index (χ0v) is 6.14. The maximum Gasteiger partial charge on any atom is 0.146 e. The summed E-state index contributed by atoms with van der Waals surface area (Å²) < 4.78 is 25.1. The van der Waals surface area contributed by atoms with Crippen molar-refractivity contribution in [2.24, 2.45) is 0 Å². The minimum absolute atomic E-state index is 0.00741. The Balaban J connectivity index is 3.05. The number of halogens is 2. The standard InChI is InChI=1S/C8H9F2N/c1-5(9)6-2-3-7(10)8(11)4-6/h2-5H,11H2,1H3. The molecule has 0 amide bonds. The van der Waals surface area contributed by atoms with E-state index >= 15 is 0 Å². The SMILES string of the molecule is CC(F)c1ccc(F)c(N)c1. The van der Waals surface area contributed by atoms with Gasteiger partial charge in [0.1, 0.15) is 12.0 Å². The first-order chi connectivity index (χ1) is 5.11. The number of benzene rings is 1. The van der Waals surface area contributed by atoms with Gasteiger partial charge in [0.2, 0.25) is 0 Å². The average molecular weight is 157 g/mol. The van der Waals surface area contributed by atoms with Crippen LogP contribution < -0.4 is 5.73 Å². The lowest BCUT2D eigenvalue weighted by Gasteiger charge is -2.02. The molecule has 1 nitrogen and oxygen atoms in total. The van der Waals surface area contributed by atoms with Gasteiger partial charge in [0.25, 0.3) is 0 Å². The first kappa shape index (κ1) is 7.98. The van der Waals surface area contributed by atoms with Crippen LogP contribution in [0.5, 0.6) is 0 Å². The van der Waals surface area contributed by atoms with Gasteiger partial charge in [-0.2, -0.15) is 0 Å². The second kappa shape index (κ2) is 2.86. The normalized spacial score (nSPS) is 13.0. The summed E-state index contributed by atoms with van der Waals surface area (Å²) in [6.45, 7) is 1.38. The summed E-state index contributed by atoms with van der Waals surface area (Å²) in [7, 11) is 0. The first-order valence-corrected chi connectivity index (χ1v) is 3.30. The summed E-state index contributed by atoms with van der Waals surface area (Å²) >= 11 is 0. The molecule has 0 radical (unpaired) electrons. The maximum atomic E-state index is 12.6. The topological polar surface area (TPSA) is 26.0 Å². The Bertz CT molecular complexity index is 258. The van der Waals surface area contributed by atoms with Crippen LogP contribution in [0.1, 0.15) is 18.7 Å². The van der Waals surface area contributed by atoms with E-state index in [-0.39, 0.29) is 5.69 Å². The summed E-state index contributed by atoms with van der Waals surface area (Å²) in [6.07, 6.45) is -1.10. The van der Waals surface area contributed by atoms with Crippen LogP contribution in [0, 0.1) is 5.82 Å². The van der Waals surface area contributed by atoms with Crippen molar-refractivity contribution in [2.45, 2.75) is 13.1 Å². The van der Waals surface area contributed by atoms with E-state index in [4.69, 9.17) is 5.73 Å². The fraction of sp³-hybridized carbons (Fsp3) is 0.250. The zero-order chi connectivity index (χ0) is 8.43. The van der Waals surface area contributed by atoms with Crippen molar-refractivity contribution in [1.29, 1.82) is 0 Å². The summed E-state index contributed by atoms with van der Waals surface area (Å²) in [5.41, 5.74) is 5.62. The molecule has 1 rings (SSSR count). The Labute approximate surface area is 63.8 Å². The van der Waals surface area contributed by atoms with Crippen molar-refractivity contribution in [1.82, 2.24) is 0 Å². The predicted molar refractivity (Wildman–Crippen MR) is 40.3 cm³/mol. The highest BCUT2D eigenvalue weighted by Gasteiger charge is 2.04. The van der Waals surface area contributed by atoms with Gasteiger partial charge in [0, 0.05) is 0 Å². The molecule has 0 saturated heterocycles. The van der Waals surface area contributed by atoms with Crippen LogP contribution in [0.2, 0.25) is 0 Å². The van der Waals surface area contributed by atoms with Crippen molar-refractivity contribution in [3.05, 3.63) is 29.6 Å². The van der Waals surface area contributed by atoms with E-state index in [1.807, 2.05) is 0 Å². The number of rotatable bonds is 1. The number of nitrogens with two attached hydrogens (primary N) is 1. The Hall–Kier alpha value is -1.12. The zero-order valence-electron chi connectivity index (χ0n) is 6.14. The minimum atomic E-state index is -1.10. The van der Waals surface area contributed by atoms with Gasteiger partial charge in [-0.3, -0.25) is 0 Å². The highest BCUT2D eigenvalue weighted by Crippen LogP contribution is 2.20. The van der Waals surface area contributed by atoms with Gasteiger partial charge < -0.3 is 5.73 Å². The summed E-state index contributed by atoms with van der Waals surface area (Å²) in [6, 6.07) is 3.86. The van der Waals surface area contributed by atoms with E-state index in [1.54, 1.807) is 0 Å². The van der Waals surface area contributed by atoms with Crippen molar-refractivity contribution in [3.8, 4) is 0 Å². The van der Waals surface area contributed by atoms with E-state index in [1.165, 1.54) is 25.1 Å². The quantitative estimate of drug-likeness (QED) is 0.622. The molecule has 0 aromatic heterocycles. The van der Waals surface area contributed by atoms with Crippen LogP contribution in [0.15, 0.2) is 18.2 Å². The van der Waals surface area contributed by atoms with E-state index in [9.17, 15) is 8.78 Å². The molecule has 0 fully saturated rings. The largest absolute Gasteiger partial charge is 0.396 e. The lowest BCUT2D eigenvalue weighted by atomic mass is 10.1. The Morgan fingerprint density at radius 1 is 1.45 bits per heavy atom. The monoisotopic (exact) mass is 157 g/mol. The smallest absolute Gasteiger partial charge is 0.146 e. The fourth-order valence-corrected chi connectivity index (χ4v) is 0.810. The van der Waals surface area contributed by atoms with Crippen LogP contribution in [-0.2, 0) is 0 Å². The van der Waals surface area contributed by atoms with E-state index in [0.717, 1.165) is 0 Å². The molecule has 2 N–H and O–H groups in total. The van der Waals surface area contributed by atoms with E-state index in [0.29, 0.717) is 5.56 Å². The number of nitrogen functional groups attached to an aromatic ring is 1. The van der Waals surface area contributed by atoms with Gasteiger partial charge >= 0.3 is 0 Å². The summed E-state index contributed by atoms with van der Waals surface area (Å²) in [4.78, 5) is 0. The molecule has 0 aliphatic heterocycles. The predicted octanol–water partition coefficient (Wildman–Crippen LogP) is 2.44. The maximum absolute atomic E-state index is 12.6. The molecule has 3 heteroatoms. The molecule has 0 aliphatic rings. The van der Waals surface area contributed by atoms with Crippen LogP contribution in [0.4, 0.5) is 14.5 Å². The van der Waals surface area contributed by atoms with Crippen LogP contribution >= 0.6 is 0 Å². The molecule has 11 heavy (non-hydrogen) atoms. The lowest BCUT2D eigenvalue weighted by molar-refractivity contribution is 0.374. The van der Waals surface area contributed by atoms with Gasteiger partial charge in [0.15, 0.2) is 0 Å².